The Morgan fingerprint density at radius 2 is 1.43 bits per heavy atom. The number of esters is 4. The highest BCUT2D eigenvalue weighted by Gasteiger charge is 2.60. The lowest BCUT2D eigenvalue weighted by molar-refractivity contribution is -0.318. The molecule has 0 aromatic carbocycles. The van der Waals surface area contributed by atoms with Gasteiger partial charge in [-0.3, -0.25) is 19.2 Å². The zero-order valence-corrected chi connectivity index (χ0v) is 28.4. The number of hydrogen-bond acceptors (Lipinski definition) is 10. The molecule has 10 atom stereocenters. The van der Waals surface area contributed by atoms with Crippen LogP contribution in [0.1, 0.15) is 114 Å². The SMILES string of the molecule is C=C[C@@](C)(CC[C@@H]1[C@@]2(C)CCCC(C)(C)[C@@H]2CC[C@@]1(C)OC(C)=O)O[C@@H]1O[C@@H](C)[C@@H](OC(C)=O)[C@H](OC(C)=O)[C@H]1OC(C)=O. The molecule has 0 amide bonds. The summed E-state index contributed by atoms with van der Waals surface area (Å²) in [5.74, 6) is -1.63. The van der Waals surface area contributed by atoms with Crippen LogP contribution in [0.4, 0.5) is 0 Å². The largest absolute Gasteiger partial charge is 0.459 e. The van der Waals surface area contributed by atoms with Gasteiger partial charge in [0.15, 0.2) is 24.6 Å². The molecule has 0 bridgehead atoms. The predicted octanol–water partition coefficient (Wildman–Crippen LogP) is 5.83. The van der Waals surface area contributed by atoms with Crippen LogP contribution < -0.4 is 0 Å². The molecule has 0 unspecified atom stereocenters. The molecule has 1 saturated heterocycles. The Labute approximate surface area is 262 Å². The minimum Gasteiger partial charge on any atom is -0.459 e. The van der Waals surface area contributed by atoms with E-state index in [1.165, 1.54) is 34.1 Å². The molecule has 0 spiro atoms. The number of hydrogen-bond donors (Lipinski definition) is 0. The molecule has 250 valence electrons. The Bertz CT molecular complexity index is 1100. The Kier molecular flexibility index (Phi) is 11.0. The van der Waals surface area contributed by atoms with Gasteiger partial charge in [0.25, 0.3) is 0 Å². The van der Waals surface area contributed by atoms with Gasteiger partial charge >= 0.3 is 23.9 Å². The van der Waals surface area contributed by atoms with E-state index in [2.05, 4.69) is 34.3 Å². The van der Waals surface area contributed by atoms with E-state index in [0.717, 1.165) is 25.7 Å². The van der Waals surface area contributed by atoms with Gasteiger partial charge in [0.05, 0.1) is 11.7 Å². The summed E-state index contributed by atoms with van der Waals surface area (Å²) in [7, 11) is 0. The van der Waals surface area contributed by atoms with Crippen molar-refractivity contribution in [2.75, 3.05) is 0 Å². The molecule has 2 aliphatic carbocycles. The molecule has 10 nitrogen and oxygen atoms in total. The van der Waals surface area contributed by atoms with E-state index < -0.39 is 59.8 Å². The van der Waals surface area contributed by atoms with Gasteiger partial charge in [-0.25, -0.2) is 0 Å². The van der Waals surface area contributed by atoms with Gasteiger partial charge in [-0.15, -0.1) is 6.58 Å². The van der Waals surface area contributed by atoms with E-state index in [4.69, 9.17) is 28.4 Å². The van der Waals surface area contributed by atoms with Crippen molar-refractivity contribution in [3.63, 3.8) is 0 Å². The monoisotopic (exact) mass is 622 g/mol. The molecule has 10 heteroatoms. The maximum Gasteiger partial charge on any atom is 0.303 e. The molecule has 1 heterocycles. The number of fused-ring (bicyclic) bond motifs is 1. The number of ether oxygens (including phenoxy) is 6. The standard InChI is InChI=1S/C34H54O10/c1-12-32(9,44-30-29(42-23(5)37)28(41-22(4)36)27(20(2)39-30)40-21(3)35)18-14-26-33(10)17-13-16-31(7,8)25(33)15-19-34(26,11)43-24(6)38/h12,20,25-30H,1,13-19H2,2-11H3/t20-,25-,26+,27+,28-,29+,30-,32-,33-,34+/m0/s1. The van der Waals surface area contributed by atoms with Gasteiger partial charge in [-0.05, 0) is 76.0 Å². The van der Waals surface area contributed by atoms with E-state index >= 15 is 0 Å². The third-order valence-electron chi connectivity index (χ3n) is 10.5. The normalized spacial score (nSPS) is 37.8. The van der Waals surface area contributed by atoms with Crippen LogP contribution in [0.15, 0.2) is 12.7 Å². The second-order valence-corrected chi connectivity index (χ2v) is 14.5. The highest BCUT2D eigenvalue weighted by molar-refractivity contribution is 5.68. The fourth-order valence-corrected chi connectivity index (χ4v) is 8.66. The lowest BCUT2D eigenvalue weighted by Crippen LogP contribution is -2.62. The maximum absolute atomic E-state index is 12.3. The van der Waals surface area contributed by atoms with Crippen LogP contribution in [0.25, 0.3) is 0 Å². The molecule has 0 N–H and O–H groups in total. The number of rotatable bonds is 10. The highest BCUT2D eigenvalue weighted by Crippen LogP contribution is 2.64. The summed E-state index contributed by atoms with van der Waals surface area (Å²) in [5, 5.41) is 0. The molecule has 1 aliphatic heterocycles. The van der Waals surface area contributed by atoms with Crippen LogP contribution >= 0.6 is 0 Å². The maximum atomic E-state index is 12.3. The fourth-order valence-electron chi connectivity index (χ4n) is 8.66. The molecule has 2 saturated carbocycles. The third-order valence-corrected chi connectivity index (χ3v) is 10.5. The molecular weight excluding hydrogens is 568 g/mol. The summed E-state index contributed by atoms with van der Waals surface area (Å²) in [6.45, 7) is 21.9. The molecule has 0 aromatic heterocycles. The summed E-state index contributed by atoms with van der Waals surface area (Å²) in [4.78, 5) is 48.5. The van der Waals surface area contributed by atoms with Crippen LogP contribution in [0.5, 0.6) is 0 Å². The van der Waals surface area contributed by atoms with Crippen LogP contribution in [0, 0.1) is 22.7 Å². The minimum absolute atomic E-state index is 0.0534. The zero-order chi connectivity index (χ0) is 33.3. The van der Waals surface area contributed by atoms with Crippen molar-refractivity contribution < 1.29 is 47.6 Å². The van der Waals surface area contributed by atoms with E-state index in [1.807, 2.05) is 6.92 Å². The van der Waals surface area contributed by atoms with Crippen molar-refractivity contribution in [3.8, 4) is 0 Å². The first kappa shape index (κ1) is 36.0. The van der Waals surface area contributed by atoms with Crippen molar-refractivity contribution in [2.45, 2.75) is 156 Å². The first-order valence-electron chi connectivity index (χ1n) is 15.9. The fraction of sp³-hybridized carbons (Fsp3) is 0.824. The van der Waals surface area contributed by atoms with Crippen molar-refractivity contribution in [2.24, 2.45) is 22.7 Å². The number of carbonyl (C=O) groups is 4. The Balaban J connectivity index is 1.93. The number of carbonyl (C=O) groups excluding carboxylic acids is 4. The van der Waals surface area contributed by atoms with Gasteiger partial charge in [0.1, 0.15) is 5.60 Å². The lowest BCUT2D eigenvalue weighted by atomic mass is 9.45. The quantitative estimate of drug-likeness (QED) is 0.167. The molecule has 0 radical (unpaired) electrons. The van der Waals surface area contributed by atoms with Gasteiger partial charge in [0, 0.05) is 33.6 Å². The van der Waals surface area contributed by atoms with Gasteiger partial charge in [-0.2, -0.15) is 0 Å². The second kappa shape index (κ2) is 13.5. The summed E-state index contributed by atoms with van der Waals surface area (Å²) in [6.07, 6.45) is 2.71. The molecule has 3 aliphatic rings. The summed E-state index contributed by atoms with van der Waals surface area (Å²) >= 11 is 0. The van der Waals surface area contributed by atoms with Crippen molar-refractivity contribution in [1.82, 2.24) is 0 Å². The van der Waals surface area contributed by atoms with Gasteiger partial charge in [-0.1, -0.05) is 33.3 Å². The van der Waals surface area contributed by atoms with Crippen molar-refractivity contribution in [3.05, 3.63) is 12.7 Å². The first-order valence-corrected chi connectivity index (χ1v) is 15.9. The van der Waals surface area contributed by atoms with Crippen LogP contribution in [0.2, 0.25) is 0 Å². The smallest absolute Gasteiger partial charge is 0.303 e. The summed E-state index contributed by atoms with van der Waals surface area (Å²) < 4.78 is 35.4. The van der Waals surface area contributed by atoms with E-state index in [1.54, 1.807) is 13.0 Å². The highest BCUT2D eigenvalue weighted by atomic mass is 16.7. The third kappa shape index (κ3) is 7.84. The Morgan fingerprint density at radius 1 is 0.864 bits per heavy atom. The second-order valence-electron chi connectivity index (χ2n) is 14.5. The van der Waals surface area contributed by atoms with Gasteiger partial charge < -0.3 is 28.4 Å². The Hall–Kier alpha value is -2.46. The average Bonchev–Trinajstić information content (AvgIpc) is 2.86. The molecule has 3 rings (SSSR count). The van der Waals surface area contributed by atoms with E-state index in [-0.39, 0.29) is 22.7 Å². The van der Waals surface area contributed by atoms with Crippen molar-refractivity contribution >= 4 is 23.9 Å². The summed E-state index contributed by atoms with van der Waals surface area (Å²) in [5.41, 5.74) is -1.49. The molecule has 3 fully saturated rings. The zero-order valence-electron chi connectivity index (χ0n) is 28.4. The van der Waals surface area contributed by atoms with Crippen LogP contribution in [0.3, 0.4) is 0 Å². The Morgan fingerprint density at radius 3 is 1.98 bits per heavy atom. The first-order chi connectivity index (χ1) is 20.3. The van der Waals surface area contributed by atoms with Crippen LogP contribution in [-0.4, -0.2) is 65.8 Å². The summed E-state index contributed by atoms with van der Waals surface area (Å²) in [6, 6.07) is 0. The molecular formula is C34H54O10. The van der Waals surface area contributed by atoms with Crippen LogP contribution in [-0.2, 0) is 47.6 Å². The topological polar surface area (TPSA) is 124 Å². The van der Waals surface area contributed by atoms with E-state index in [9.17, 15) is 19.2 Å². The molecule has 0 aromatic rings. The van der Waals surface area contributed by atoms with Gasteiger partial charge in [0.2, 0.25) is 0 Å². The molecule has 44 heavy (non-hydrogen) atoms. The van der Waals surface area contributed by atoms with E-state index in [0.29, 0.717) is 18.8 Å². The minimum atomic E-state index is -1.21. The predicted molar refractivity (Wildman–Crippen MR) is 162 cm³/mol. The lowest BCUT2D eigenvalue weighted by Gasteiger charge is -2.62. The van der Waals surface area contributed by atoms with Crippen molar-refractivity contribution in [1.29, 1.82) is 0 Å². The average molecular weight is 623 g/mol.